The maximum Gasteiger partial charge on any atom is 0.501 e. The number of aromatic nitrogens is 1. The maximum atomic E-state index is 12.8. The molecule has 2 aromatic carbocycles. The SMILES string of the molecule is O=S(=O)(c1ccc(N2C[C@@H](Cc3ccc(O)cc3)N(Cc3ccncc3)C2)cc1)C(F)(F)F. The molecule has 0 aliphatic carbocycles. The summed E-state index contributed by atoms with van der Waals surface area (Å²) in [4.78, 5) is 7.53. The second kappa shape index (κ2) is 9.03. The summed E-state index contributed by atoms with van der Waals surface area (Å²) in [6.45, 7) is 1.79. The van der Waals surface area contributed by atoms with Crippen LogP contribution in [0.2, 0.25) is 0 Å². The van der Waals surface area contributed by atoms with E-state index in [1.165, 1.54) is 12.1 Å². The third kappa shape index (κ3) is 5.12. The molecule has 10 heteroatoms. The summed E-state index contributed by atoms with van der Waals surface area (Å²) in [7, 11) is -5.38. The number of hydrogen-bond donors (Lipinski definition) is 1. The fourth-order valence-electron chi connectivity index (χ4n) is 3.92. The molecule has 0 saturated carbocycles. The van der Waals surface area contributed by atoms with Crippen LogP contribution in [0.15, 0.2) is 78.0 Å². The van der Waals surface area contributed by atoms with Crippen molar-refractivity contribution in [2.45, 2.75) is 29.4 Å². The second-order valence-electron chi connectivity index (χ2n) is 7.93. The smallest absolute Gasteiger partial charge is 0.501 e. The van der Waals surface area contributed by atoms with E-state index >= 15 is 0 Å². The van der Waals surface area contributed by atoms with Crippen LogP contribution in [-0.2, 0) is 22.8 Å². The van der Waals surface area contributed by atoms with Gasteiger partial charge in [-0.3, -0.25) is 9.88 Å². The van der Waals surface area contributed by atoms with Crippen molar-refractivity contribution in [1.29, 1.82) is 0 Å². The van der Waals surface area contributed by atoms with Crippen LogP contribution in [0.5, 0.6) is 5.75 Å². The van der Waals surface area contributed by atoms with E-state index in [9.17, 15) is 26.7 Å². The number of phenols is 1. The van der Waals surface area contributed by atoms with Gasteiger partial charge in [-0.15, -0.1) is 0 Å². The molecule has 0 unspecified atom stereocenters. The molecule has 174 valence electrons. The van der Waals surface area contributed by atoms with Gasteiger partial charge in [0, 0.05) is 37.2 Å². The number of phenolic OH excluding ortho intramolecular Hbond substituents is 1. The Bertz CT molecular complexity index is 1190. The molecular weight excluding hydrogens is 455 g/mol. The summed E-state index contributed by atoms with van der Waals surface area (Å²) in [6, 6.07) is 15.8. The minimum atomic E-state index is -5.38. The topological polar surface area (TPSA) is 73.7 Å². The molecule has 1 atom stereocenters. The number of rotatable bonds is 6. The Morgan fingerprint density at radius 3 is 2.18 bits per heavy atom. The van der Waals surface area contributed by atoms with E-state index in [0.717, 1.165) is 23.3 Å². The first-order valence-corrected chi connectivity index (χ1v) is 11.7. The van der Waals surface area contributed by atoms with Crippen LogP contribution >= 0.6 is 0 Å². The summed E-state index contributed by atoms with van der Waals surface area (Å²) in [5.41, 5.74) is -2.57. The number of benzene rings is 2. The van der Waals surface area contributed by atoms with Crippen LogP contribution in [0.4, 0.5) is 18.9 Å². The van der Waals surface area contributed by atoms with Crippen molar-refractivity contribution < 1.29 is 26.7 Å². The second-order valence-corrected chi connectivity index (χ2v) is 9.87. The van der Waals surface area contributed by atoms with Gasteiger partial charge in [0.05, 0.1) is 11.6 Å². The van der Waals surface area contributed by atoms with Gasteiger partial charge >= 0.3 is 5.51 Å². The van der Waals surface area contributed by atoms with Crippen LogP contribution in [-0.4, -0.2) is 48.2 Å². The number of nitrogens with zero attached hydrogens (tertiary/aromatic N) is 3. The standard InChI is InChI=1S/C23H22F3N3O3S/c24-23(25,26)33(31,32)22-7-3-19(4-8-22)29-15-20(13-17-1-5-21(30)6-2-17)28(16-29)14-18-9-11-27-12-10-18/h1-12,20,30H,13-16H2/t20-/m1/s1. The number of pyridine rings is 1. The Labute approximate surface area is 189 Å². The zero-order valence-electron chi connectivity index (χ0n) is 17.5. The average Bonchev–Trinajstić information content (AvgIpc) is 3.17. The maximum absolute atomic E-state index is 12.8. The fourth-order valence-corrected chi connectivity index (χ4v) is 4.68. The minimum absolute atomic E-state index is 0.0984. The molecule has 1 N–H and O–H groups in total. The number of aromatic hydroxyl groups is 1. The van der Waals surface area contributed by atoms with Crippen LogP contribution in [0.3, 0.4) is 0 Å². The molecule has 0 radical (unpaired) electrons. The van der Waals surface area contributed by atoms with Gasteiger partial charge in [-0.1, -0.05) is 12.1 Å². The Kier molecular flexibility index (Phi) is 6.31. The van der Waals surface area contributed by atoms with Crippen molar-refractivity contribution in [3.8, 4) is 5.75 Å². The largest absolute Gasteiger partial charge is 0.508 e. The van der Waals surface area contributed by atoms with E-state index in [-0.39, 0.29) is 11.8 Å². The molecule has 0 amide bonds. The average molecular weight is 478 g/mol. The third-order valence-corrected chi connectivity index (χ3v) is 7.16. The number of sulfone groups is 1. The lowest BCUT2D eigenvalue weighted by Gasteiger charge is -2.23. The molecule has 4 rings (SSSR count). The van der Waals surface area contributed by atoms with Crippen molar-refractivity contribution in [2.24, 2.45) is 0 Å². The zero-order valence-corrected chi connectivity index (χ0v) is 18.3. The first kappa shape index (κ1) is 23.1. The van der Waals surface area contributed by atoms with Gasteiger partial charge in [-0.05, 0) is 66.1 Å². The van der Waals surface area contributed by atoms with E-state index in [1.54, 1.807) is 24.5 Å². The van der Waals surface area contributed by atoms with Crippen molar-refractivity contribution >= 4 is 15.5 Å². The van der Waals surface area contributed by atoms with Gasteiger partial charge in [-0.2, -0.15) is 13.2 Å². The molecule has 1 fully saturated rings. The van der Waals surface area contributed by atoms with Crippen LogP contribution in [0.1, 0.15) is 11.1 Å². The quantitative estimate of drug-likeness (QED) is 0.579. The number of hydrogen-bond acceptors (Lipinski definition) is 6. The normalized spacial score (nSPS) is 17.4. The lowest BCUT2D eigenvalue weighted by molar-refractivity contribution is -0.0436. The van der Waals surface area contributed by atoms with Crippen molar-refractivity contribution in [1.82, 2.24) is 9.88 Å². The fraction of sp³-hybridized carbons (Fsp3) is 0.261. The van der Waals surface area contributed by atoms with E-state index in [0.29, 0.717) is 31.9 Å². The Morgan fingerprint density at radius 2 is 1.58 bits per heavy atom. The summed E-state index contributed by atoms with van der Waals surface area (Å²) < 4.78 is 61.8. The minimum Gasteiger partial charge on any atom is -0.508 e. The van der Waals surface area contributed by atoms with E-state index in [4.69, 9.17) is 0 Å². The molecule has 2 heterocycles. The molecule has 1 saturated heterocycles. The predicted molar refractivity (Wildman–Crippen MR) is 117 cm³/mol. The number of anilines is 1. The van der Waals surface area contributed by atoms with Crippen molar-refractivity contribution in [2.75, 3.05) is 18.1 Å². The van der Waals surface area contributed by atoms with E-state index in [2.05, 4.69) is 9.88 Å². The van der Waals surface area contributed by atoms with E-state index < -0.39 is 20.2 Å². The highest BCUT2D eigenvalue weighted by Crippen LogP contribution is 2.32. The highest BCUT2D eigenvalue weighted by atomic mass is 32.2. The molecule has 3 aromatic rings. The van der Waals surface area contributed by atoms with Crippen molar-refractivity contribution in [3.63, 3.8) is 0 Å². The van der Waals surface area contributed by atoms with Gasteiger partial charge in [0.2, 0.25) is 0 Å². The first-order chi connectivity index (χ1) is 15.6. The number of halogens is 3. The zero-order chi connectivity index (χ0) is 23.6. The summed E-state index contributed by atoms with van der Waals surface area (Å²) in [5.74, 6) is 0.189. The van der Waals surface area contributed by atoms with Crippen molar-refractivity contribution in [3.05, 3.63) is 84.2 Å². The molecule has 1 aromatic heterocycles. The molecule has 1 aliphatic heterocycles. The predicted octanol–water partition coefficient (Wildman–Crippen LogP) is 3.97. The Morgan fingerprint density at radius 1 is 0.939 bits per heavy atom. The van der Waals surface area contributed by atoms with Gasteiger partial charge in [-0.25, -0.2) is 8.42 Å². The van der Waals surface area contributed by atoms with Gasteiger partial charge in [0.15, 0.2) is 0 Å². The monoisotopic (exact) mass is 477 g/mol. The molecular formula is C23H22F3N3O3S. The molecule has 0 spiro atoms. The molecule has 0 bridgehead atoms. The first-order valence-electron chi connectivity index (χ1n) is 10.2. The van der Waals surface area contributed by atoms with Crippen LogP contribution < -0.4 is 4.90 Å². The van der Waals surface area contributed by atoms with E-state index in [1.807, 2.05) is 29.2 Å². The number of alkyl halides is 3. The Hall–Kier alpha value is -3.11. The third-order valence-electron chi connectivity index (χ3n) is 5.66. The highest BCUT2D eigenvalue weighted by Gasteiger charge is 2.46. The van der Waals surface area contributed by atoms with Gasteiger partial charge in [0.25, 0.3) is 9.84 Å². The lowest BCUT2D eigenvalue weighted by Crippen LogP contribution is -2.32. The summed E-state index contributed by atoms with van der Waals surface area (Å²) >= 11 is 0. The summed E-state index contributed by atoms with van der Waals surface area (Å²) in [6.07, 6.45) is 4.15. The van der Waals surface area contributed by atoms with Crippen LogP contribution in [0, 0.1) is 0 Å². The highest BCUT2D eigenvalue weighted by molar-refractivity contribution is 7.92. The molecule has 6 nitrogen and oxygen atoms in total. The Balaban J connectivity index is 1.55. The molecule has 33 heavy (non-hydrogen) atoms. The lowest BCUT2D eigenvalue weighted by atomic mass is 10.0. The summed E-state index contributed by atoms with van der Waals surface area (Å²) in [5, 5.41) is 9.55. The van der Waals surface area contributed by atoms with Gasteiger partial charge in [0.1, 0.15) is 5.75 Å². The van der Waals surface area contributed by atoms with Gasteiger partial charge < -0.3 is 10.0 Å². The molecule has 1 aliphatic rings. The van der Waals surface area contributed by atoms with Crippen LogP contribution in [0.25, 0.3) is 0 Å².